The highest BCUT2D eigenvalue weighted by atomic mass is 16.5. The normalized spacial score (nSPS) is 11.5. The van der Waals surface area contributed by atoms with Crippen LogP contribution in [0.3, 0.4) is 0 Å². The average Bonchev–Trinajstić information content (AvgIpc) is 2.47. The van der Waals surface area contributed by atoms with E-state index in [1.807, 2.05) is 19.9 Å². The fraction of sp³-hybridized carbons (Fsp3) is 0.438. The van der Waals surface area contributed by atoms with E-state index >= 15 is 0 Å². The molecule has 120 valence electrons. The van der Waals surface area contributed by atoms with Crippen molar-refractivity contribution in [2.75, 3.05) is 13.1 Å². The number of likely N-dealkylation sites (N-methyl/N-ethyl adjacent to an activating group) is 1. The smallest absolute Gasteiger partial charge is 0.326 e. The van der Waals surface area contributed by atoms with Crippen molar-refractivity contribution in [1.29, 1.82) is 0 Å². The summed E-state index contributed by atoms with van der Waals surface area (Å²) in [7, 11) is 0. The average molecular weight is 306 g/mol. The molecule has 0 saturated heterocycles. The largest absolute Gasteiger partial charge is 0.451 e. The minimum atomic E-state index is -0.883. The van der Waals surface area contributed by atoms with Crippen molar-refractivity contribution in [2.24, 2.45) is 0 Å². The Bertz CT molecular complexity index is 569. The molecule has 0 saturated carbocycles. The molecule has 0 aliphatic carbocycles. The zero-order valence-electron chi connectivity index (χ0n) is 13.4. The van der Waals surface area contributed by atoms with Crippen LogP contribution in [0.1, 0.15) is 35.3 Å². The maximum Gasteiger partial charge on any atom is 0.326 e. The lowest BCUT2D eigenvalue weighted by Gasteiger charge is -2.13. The van der Waals surface area contributed by atoms with Crippen molar-refractivity contribution in [3.8, 4) is 0 Å². The first kappa shape index (κ1) is 17.7. The third kappa shape index (κ3) is 5.20. The van der Waals surface area contributed by atoms with E-state index < -0.39 is 12.1 Å². The van der Waals surface area contributed by atoms with Crippen LogP contribution in [-0.4, -0.2) is 37.0 Å². The first-order chi connectivity index (χ1) is 10.3. The van der Waals surface area contributed by atoms with Crippen molar-refractivity contribution < 1.29 is 19.1 Å². The molecule has 6 heteroatoms. The second-order valence-corrected chi connectivity index (χ2v) is 5.01. The van der Waals surface area contributed by atoms with Crippen LogP contribution < -0.4 is 10.6 Å². The van der Waals surface area contributed by atoms with Gasteiger partial charge in [-0.3, -0.25) is 14.4 Å². The fourth-order valence-electron chi connectivity index (χ4n) is 1.75. The summed E-state index contributed by atoms with van der Waals surface area (Å²) in [5.74, 6) is -1.38. The van der Waals surface area contributed by atoms with Crippen LogP contribution in [0.2, 0.25) is 0 Å². The summed E-state index contributed by atoms with van der Waals surface area (Å²) >= 11 is 0. The van der Waals surface area contributed by atoms with Crippen LogP contribution in [0, 0.1) is 13.8 Å². The van der Waals surface area contributed by atoms with Gasteiger partial charge in [-0.15, -0.1) is 0 Å². The van der Waals surface area contributed by atoms with E-state index in [2.05, 4.69) is 10.6 Å². The number of carbonyl (C=O) groups is 3. The van der Waals surface area contributed by atoms with E-state index in [4.69, 9.17) is 4.74 Å². The van der Waals surface area contributed by atoms with Crippen molar-refractivity contribution >= 4 is 17.8 Å². The number of benzene rings is 1. The highest BCUT2D eigenvalue weighted by Gasteiger charge is 2.17. The number of hydrogen-bond acceptors (Lipinski definition) is 4. The topological polar surface area (TPSA) is 84.5 Å². The van der Waals surface area contributed by atoms with Crippen LogP contribution in [-0.2, 0) is 14.3 Å². The number of nitrogens with one attached hydrogen (secondary N) is 2. The third-order valence-electron chi connectivity index (χ3n) is 3.19. The molecule has 0 aromatic heterocycles. The van der Waals surface area contributed by atoms with Crippen LogP contribution in [0.25, 0.3) is 0 Å². The highest BCUT2D eigenvalue weighted by Crippen LogP contribution is 2.09. The minimum absolute atomic E-state index is 0.282. The second kappa shape index (κ2) is 8.17. The first-order valence-electron chi connectivity index (χ1n) is 7.17. The Morgan fingerprint density at radius 3 is 2.41 bits per heavy atom. The second-order valence-electron chi connectivity index (χ2n) is 5.01. The number of amides is 2. The summed E-state index contributed by atoms with van der Waals surface area (Å²) in [6.45, 7) is 7.30. The van der Waals surface area contributed by atoms with Gasteiger partial charge in [0.2, 0.25) is 0 Å². The molecule has 0 aliphatic heterocycles. The molecule has 22 heavy (non-hydrogen) atoms. The predicted molar refractivity (Wildman–Crippen MR) is 82.5 cm³/mol. The number of carbonyl (C=O) groups excluding carboxylic acids is 3. The predicted octanol–water partition coefficient (Wildman–Crippen LogP) is 1.10. The minimum Gasteiger partial charge on any atom is -0.451 e. The fourth-order valence-corrected chi connectivity index (χ4v) is 1.75. The lowest BCUT2D eigenvalue weighted by Crippen LogP contribution is -2.38. The summed E-state index contributed by atoms with van der Waals surface area (Å²) in [6, 6.07) is 5.30. The van der Waals surface area contributed by atoms with Gasteiger partial charge >= 0.3 is 5.97 Å². The molecule has 1 rings (SSSR count). The van der Waals surface area contributed by atoms with Crippen molar-refractivity contribution in [3.63, 3.8) is 0 Å². The van der Waals surface area contributed by atoms with E-state index in [0.717, 1.165) is 11.1 Å². The maximum atomic E-state index is 11.9. The molecule has 0 aliphatic rings. The molecule has 1 aromatic rings. The van der Waals surface area contributed by atoms with Gasteiger partial charge in [0, 0.05) is 12.1 Å². The van der Waals surface area contributed by atoms with E-state index in [0.29, 0.717) is 12.1 Å². The molecular weight excluding hydrogens is 284 g/mol. The van der Waals surface area contributed by atoms with E-state index in [1.165, 1.54) is 6.92 Å². The van der Waals surface area contributed by atoms with Crippen molar-refractivity contribution in [2.45, 2.75) is 33.8 Å². The van der Waals surface area contributed by atoms with Gasteiger partial charge in [-0.05, 0) is 51.0 Å². The molecule has 0 unspecified atom stereocenters. The van der Waals surface area contributed by atoms with Gasteiger partial charge in [0.25, 0.3) is 11.8 Å². The van der Waals surface area contributed by atoms with Crippen LogP contribution >= 0.6 is 0 Å². The van der Waals surface area contributed by atoms with Gasteiger partial charge in [-0.25, -0.2) is 0 Å². The molecule has 2 N–H and O–H groups in total. The monoisotopic (exact) mass is 306 g/mol. The third-order valence-corrected chi connectivity index (χ3v) is 3.19. The molecule has 0 spiro atoms. The molecular formula is C16H22N2O4. The summed E-state index contributed by atoms with van der Waals surface area (Å²) in [4.78, 5) is 35.0. The molecule has 6 nitrogen and oxygen atoms in total. The Morgan fingerprint density at radius 1 is 1.14 bits per heavy atom. The van der Waals surface area contributed by atoms with Gasteiger partial charge in [-0.2, -0.15) is 0 Å². The number of rotatable bonds is 6. The zero-order chi connectivity index (χ0) is 16.7. The lowest BCUT2D eigenvalue weighted by molar-refractivity contribution is -0.153. The summed E-state index contributed by atoms with van der Waals surface area (Å²) < 4.78 is 4.93. The van der Waals surface area contributed by atoms with Gasteiger partial charge in [0.15, 0.2) is 6.10 Å². The van der Waals surface area contributed by atoms with E-state index in [-0.39, 0.29) is 18.4 Å². The van der Waals surface area contributed by atoms with E-state index in [1.54, 1.807) is 19.1 Å². The maximum absolute atomic E-state index is 11.9. The van der Waals surface area contributed by atoms with Crippen molar-refractivity contribution in [3.05, 3.63) is 34.9 Å². The highest BCUT2D eigenvalue weighted by molar-refractivity contribution is 5.96. The zero-order valence-corrected chi connectivity index (χ0v) is 13.4. The Balaban J connectivity index is 2.48. The Hall–Kier alpha value is -2.37. The van der Waals surface area contributed by atoms with Gasteiger partial charge in [0.1, 0.15) is 6.54 Å². The van der Waals surface area contributed by atoms with Crippen LogP contribution in [0.4, 0.5) is 0 Å². The molecule has 0 heterocycles. The van der Waals surface area contributed by atoms with Gasteiger partial charge < -0.3 is 15.4 Å². The Kier molecular flexibility index (Phi) is 6.56. The van der Waals surface area contributed by atoms with Crippen LogP contribution in [0.5, 0.6) is 0 Å². The Labute approximate surface area is 130 Å². The summed E-state index contributed by atoms with van der Waals surface area (Å²) in [6.07, 6.45) is -0.883. The standard InChI is InChI=1S/C16H22N2O4/c1-5-17-15(20)12(4)22-14(19)9-18-16(21)13-7-6-10(2)11(3)8-13/h6-8,12H,5,9H2,1-4H3,(H,17,20)(H,18,21)/t12-/m1/s1. The quantitative estimate of drug-likeness (QED) is 0.771. The first-order valence-corrected chi connectivity index (χ1v) is 7.17. The number of hydrogen-bond donors (Lipinski definition) is 2. The van der Waals surface area contributed by atoms with Crippen molar-refractivity contribution in [1.82, 2.24) is 10.6 Å². The van der Waals surface area contributed by atoms with Gasteiger partial charge in [0.05, 0.1) is 0 Å². The number of esters is 1. The molecule has 0 bridgehead atoms. The lowest BCUT2D eigenvalue weighted by atomic mass is 10.1. The SMILES string of the molecule is CCNC(=O)[C@@H](C)OC(=O)CNC(=O)c1ccc(C)c(C)c1. The molecule has 2 amide bonds. The molecule has 0 fully saturated rings. The molecule has 0 radical (unpaired) electrons. The molecule has 1 atom stereocenters. The van der Waals surface area contributed by atoms with Crippen LogP contribution in [0.15, 0.2) is 18.2 Å². The number of ether oxygens (including phenoxy) is 1. The molecule has 1 aromatic carbocycles. The van der Waals surface area contributed by atoms with Gasteiger partial charge in [-0.1, -0.05) is 6.07 Å². The number of aryl methyl sites for hydroxylation is 2. The Morgan fingerprint density at radius 2 is 1.82 bits per heavy atom. The summed E-state index contributed by atoms with van der Waals surface area (Å²) in [5, 5.41) is 5.03. The van der Waals surface area contributed by atoms with E-state index in [9.17, 15) is 14.4 Å². The summed E-state index contributed by atoms with van der Waals surface area (Å²) in [5.41, 5.74) is 2.57.